The molecule has 1 aliphatic carbocycles. The lowest BCUT2D eigenvalue weighted by molar-refractivity contribution is -0.119. The van der Waals surface area contributed by atoms with E-state index in [4.69, 9.17) is 4.74 Å². The SMILES string of the molecule is Cc1ccc(C(=O)NC[C@@H](C)Oc2cccnc2)cc1NC(=O)C1CCCC1. The smallest absolute Gasteiger partial charge is 0.251 e. The molecule has 0 aliphatic heterocycles. The third kappa shape index (κ3) is 5.31. The second-order valence-electron chi connectivity index (χ2n) is 7.33. The van der Waals surface area contributed by atoms with Gasteiger partial charge >= 0.3 is 0 Å². The van der Waals surface area contributed by atoms with Gasteiger partial charge in [0.2, 0.25) is 5.91 Å². The van der Waals surface area contributed by atoms with Gasteiger partial charge in [-0.05, 0) is 56.5 Å². The second-order valence-corrected chi connectivity index (χ2v) is 7.33. The summed E-state index contributed by atoms with van der Waals surface area (Å²) in [7, 11) is 0. The van der Waals surface area contributed by atoms with E-state index in [1.54, 1.807) is 30.6 Å². The van der Waals surface area contributed by atoms with E-state index in [1.807, 2.05) is 26.0 Å². The molecule has 0 saturated heterocycles. The second kappa shape index (κ2) is 9.35. The van der Waals surface area contributed by atoms with Gasteiger partial charge < -0.3 is 15.4 Å². The van der Waals surface area contributed by atoms with Crippen LogP contribution in [0.2, 0.25) is 0 Å². The standard InChI is InChI=1S/C22H27N3O3/c1-15-9-10-18(12-20(15)25-22(27)17-6-3-4-7-17)21(26)24-13-16(2)28-19-8-5-11-23-14-19/h5,8-12,14,16-17H,3-4,6-7,13H2,1-2H3,(H,24,26)(H,25,27)/t16-/m1/s1. The van der Waals surface area contributed by atoms with Crippen molar-refractivity contribution >= 4 is 17.5 Å². The zero-order chi connectivity index (χ0) is 19.9. The first kappa shape index (κ1) is 19.9. The van der Waals surface area contributed by atoms with Crippen LogP contribution in [0.15, 0.2) is 42.7 Å². The molecular formula is C22H27N3O3. The van der Waals surface area contributed by atoms with Gasteiger partial charge in [0, 0.05) is 23.4 Å². The number of aryl methyl sites for hydroxylation is 1. The van der Waals surface area contributed by atoms with Crippen molar-refractivity contribution in [2.45, 2.75) is 45.6 Å². The first-order chi connectivity index (χ1) is 13.5. The summed E-state index contributed by atoms with van der Waals surface area (Å²) >= 11 is 0. The highest BCUT2D eigenvalue weighted by molar-refractivity contribution is 5.98. The van der Waals surface area contributed by atoms with Crippen LogP contribution < -0.4 is 15.4 Å². The lowest BCUT2D eigenvalue weighted by Gasteiger charge is -2.16. The third-order valence-corrected chi connectivity index (χ3v) is 5.01. The number of carbonyl (C=O) groups excluding carboxylic acids is 2. The zero-order valence-electron chi connectivity index (χ0n) is 16.4. The minimum Gasteiger partial charge on any atom is -0.487 e. The van der Waals surface area contributed by atoms with Crippen molar-refractivity contribution in [2.24, 2.45) is 5.92 Å². The molecule has 0 unspecified atom stereocenters. The monoisotopic (exact) mass is 381 g/mol. The number of amides is 2. The van der Waals surface area contributed by atoms with Crippen molar-refractivity contribution in [1.82, 2.24) is 10.3 Å². The lowest BCUT2D eigenvalue weighted by atomic mass is 10.1. The summed E-state index contributed by atoms with van der Waals surface area (Å²) in [6.07, 6.45) is 7.23. The van der Waals surface area contributed by atoms with Gasteiger partial charge in [-0.1, -0.05) is 18.9 Å². The molecule has 2 aromatic rings. The Morgan fingerprint density at radius 2 is 2.04 bits per heavy atom. The first-order valence-corrected chi connectivity index (χ1v) is 9.79. The highest BCUT2D eigenvalue weighted by Gasteiger charge is 2.23. The quantitative estimate of drug-likeness (QED) is 0.766. The molecule has 6 heteroatoms. The molecule has 2 amide bonds. The molecule has 1 fully saturated rings. The van der Waals surface area contributed by atoms with Gasteiger partial charge in [0.05, 0.1) is 12.7 Å². The number of pyridine rings is 1. The van der Waals surface area contributed by atoms with Gasteiger partial charge in [-0.2, -0.15) is 0 Å². The average molecular weight is 381 g/mol. The maximum absolute atomic E-state index is 12.5. The molecule has 1 aromatic carbocycles. The Kier molecular flexibility index (Phi) is 6.63. The van der Waals surface area contributed by atoms with Gasteiger partial charge in [-0.25, -0.2) is 0 Å². The van der Waals surface area contributed by atoms with Crippen molar-refractivity contribution in [3.8, 4) is 5.75 Å². The van der Waals surface area contributed by atoms with Crippen LogP contribution in [0.4, 0.5) is 5.69 Å². The van der Waals surface area contributed by atoms with E-state index in [0.717, 1.165) is 31.2 Å². The average Bonchev–Trinajstić information content (AvgIpc) is 3.23. The summed E-state index contributed by atoms with van der Waals surface area (Å²) in [6.45, 7) is 4.18. The van der Waals surface area contributed by atoms with E-state index in [2.05, 4.69) is 15.6 Å². The molecule has 148 valence electrons. The molecule has 0 spiro atoms. The molecule has 3 rings (SSSR count). The summed E-state index contributed by atoms with van der Waals surface area (Å²) in [5.41, 5.74) is 2.15. The minimum absolute atomic E-state index is 0.0525. The number of nitrogens with one attached hydrogen (secondary N) is 2. The van der Waals surface area contributed by atoms with Crippen LogP contribution in [0.25, 0.3) is 0 Å². The Morgan fingerprint density at radius 3 is 2.75 bits per heavy atom. The number of hydrogen-bond donors (Lipinski definition) is 2. The predicted octanol–water partition coefficient (Wildman–Crippen LogP) is 3.72. The number of benzene rings is 1. The molecule has 1 heterocycles. The molecule has 0 bridgehead atoms. The summed E-state index contributed by atoms with van der Waals surface area (Å²) < 4.78 is 5.72. The highest BCUT2D eigenvalue weighted by Crippen LogP contribution is 2.27. The van der Waals surface area contributed by atoms with Crippen molar-refractivity contribution in [3.05, 3.63) is 53.9 Å². The molecule has 1 saturated carbocycles. The molecule has 2 N–H and O–H groups in total. The number of anilines is 1. The van der Waals surface area contributed by atoms with Crippen LogP contribution in [0, 0.1) is 12.8 Å². The molecule has 6 nitrogen and oxygen atoms in total. The van der Waals surface area contributed by atoms with Gasteiger partial charge in [-0.3, -0.25) is 14.6 Å². The fourth-order valence-corrected chi connectivity index (χ4v) is 3.35. The van der Waals surface area contributed by atoms with Crippen LogP contribution in [0.3, 0.4) is 0 Å². The predicted molar refractivity (Wildman–Crippen MR) is 108 cm³/mol. The van der Waals surface area contributed by atoms with Gasteiger partial charge in [0.15, 0.2) is 0 Å². The summed E-state index contributed by atoms with van der Waals surface area (Å²) in [4.78, 5) is 28.9. The molecule has 1 aromatic heterocycles. The molecule has 1 aliphatic rings. The topological polar surface area (TPSA) is 80.3 Å². The Balaban J connectivity index is 1.56. The van der Waals surface area contributed by atoms with Crippen LogP contribution >= 0.6 is 0 Å². The molecule has 28 heavy (non-hydrogen) atoms. The van der Waals surface area contributed by atoms with Gasteiger partial charge in [0.25, 0.3) is 5.91 Å². The van der Waals surface area contributed by atoms with Gasteiger partial charge in [-0.15, -0.1) is 0 Å². The lowest BCUT2D eigenvalue weighted by Crippen LogP contribution is -2.33. The van der Waals surface area contributed by atoms with E-state index in [9.17, 15) is 9.59 Å². The maximum atomic E-state index is 12.5. The number of nitrogens with zero attached hydrogens (tertiary/aromatic N) is 1. The van der Waals surface area contributed by atoms with E-state index >= 15 is 0 Å². The Morgan fingerprint density at radius 1 is 1.25 bits per heavy atom. The zero-order valence-corrected chi connectivity index (χ0v) is 16.4. The first-order valence-electron chi connectivity index (χ1n) is 9.79. The Labute approximate surface area is 165 Å². The number of ether oxygens (including phenoxy) is 1. The van der Waals surface area contributed by atoms with Crippen LogP contribution in [-0.2, 0) is 4.79 Å². The fraction of sp³-hybridized carbons (Fsp3) is 0.409. The van der Waals surface area contributed by atoms with E-state index in [-0.39, 0.29) is 23.8 Å². The van der Waals surface area contributed by atoms with Crippen molar-refractivity contribution in [3.63, 3.8) is 0 Å². The number of rotatable bonds is 7. The van der Waals surface area contributed by atoms with Crippen molar-refractivity contribution in [1.29, 1.82) is 0 Å². The van der Waals surface area contributed by atoms with Crippen LogP contribution in [0.5, 0.6) is 5.75 Å². The van der Waals surface area contributed by atoms with Crippen LogP contribution in [0.1, 0.15) is 48.5 Å². The molecular weight excluding hydrogens is 354 g/mol. The molecule has 0 radical (unpaired) electrons. The summed E-state index contributed by atoms with van der Waals surface area (Å²) in [5.74, 6) is 0.605. The van der Waals surface area contributed by atoms with Crippen molar-refractivity contribution < 1.29 is 14.3 Å². The normalized spacial score (nSPS) is 15.1. The fourth-order valence-electron chi connectivity index (χ4n) is 3.35. The largest absolute Gasteiger partial charge is 0.487 e. The van der Waals surface area contributed by atoms with E-state index < -0.39 is 0 Å². The highest BCUT2D eigenvalue weighted by atomic mass is 16.5. The Bertz CT molecular complexity index is 817. The van der Waals surface area contributed by atoms with Crippen molar-refractivity contribution in [2.75, 3.05) is 11.9 Å². The number of hydrogen-bond acceptors (Lipinski definition) is 4. The van der Waals surface area contributed by atoms with E-state index in [1.165, 1.54) is 0 Å². The maximum Gasteiger partial charge on any atom is 0.251 e. The number of carbonyl (C=O) groups is 2. The third-order valence-electron chi connectivity index (χ3n) is 5.01. The van der Waals surface area contributed by atoms with Crippen LogP contribution in [-0.4, -0.2) is 29.4 Å². The summed E-state index contributed by atoms with van der Waals surface area (Å²) in [6, 6.07) is 8.99. The van der Waals surface area contributed by atoms with Gasteiger partial charge in [0.1, 0.15) is 11.9 Å². The minimum atomic E-state index is -0.196. The Hall–Kier alpha value is -2.89. The van der Waals surface area contributed by atoms with E-state index in [0.29, 0.717) is 23.5 Å². The molecule has 1 atom stereocenters. The number of aromatic nitrogens is 1. The summed E-state index contributed by atoms with van der Waals surface area (Å²) in [5, 5.41) is 5.87.